The molecule has 3 N–H and O–H groups in total. The maximum absolute atomic E-state index is 12.2. The number of amides is 1. The third kappa shape index (κ3) is 3.75. The number of nitrogens with zero attached hydrogens (tertiary/aromatic N) is 1. The predicted molar refractivity (Wildman–Crippen MR) is 99.2 cm³/mol. The van der Waals surface area contributed by atoms with Gasteiger partial charge in [-0.2, -0.15) is 0 Å². The Labute approximate surface area is 161 Å². The molecule has 1 saturated heterocycles. The Bertz CT molecular complexity index is 882. The highest BCUT2D eigenvalue weighted by Gasteiger charge is 2.56. The number of carbonyl (C=O) groups is 2. The van der Waals surface area contributed by atoms with Gasteiger partial charge in [0.1, 0.15) is 5.70 Å². The SMILES string of the molecule is C[C@@H](O)[C@H]1C(=O)N2C(C(=O)O)=C(SCCNS(=O)(=O)c3ccccc3)C[C@H]12. The topological polar surface area (TPSA) is 124 Å². The molecule has 2 aliphatic heterocycles. The van der Waals surface area contributed by atoms with Gasteiger partial charge < -0.3 is 15.1 Å². The van der Waals surface area contributed by atoms with E-state index in [0.717, 1.165) is 0 Å². The molecule has 10 heteroatoms. The first kappa shape index (κ1) is 19.9. The number of carbonyl (C=O) groups excluding carboxylic acids is 1. The summed E-state index contributed by atoms with van der Waals surface area (Å²) in [6, 6.07) is 7.62. The maximum Gasteiger partial charge on any atom is 0.353 e. The predicted octanol–water partition coefficient (Wildman–Crippen LogP) is 0.606. The minimum Gasteiger partial charge on any atom is -0.477 e. The number of aliphatic carboxylic acids is 1. The normalized spacial score (nSPS) is 23.2. The molecular formula is C17H20N2O6S2. The molecule has 1 fully saturated rings. The summed E-state index contributed by atoms with van der Waals surface area (Å²) in [7, 11) is -3.62. The van der Waals surface area contributed by atoms with Crippen LogP contribution in [0.5, 0.6) is 0 Å². The molecule has 0 radical (unpaired) electrons. The second-order valence-electron chi connectivity index (χ2n) is 6.38. The smallest absolute Gasteiger partial charge is 0.353 e. The summed E-state index contributed by atoms with van der Waals surface area (Å²) in [6.45, 7) is 1.64. The zero-order valence-electron chi connectivity index (χ0n) is 14.5. The van der Waals surface area contributed by atoms with E-state index >= 15 is 0 Å². The fraction of sp³-hybridized carbons (Fsp3) is 0.412. The molecule has 3 rings (SSSR count). The summed E-state index contributed by atoms with van der Waals surface area (Å²) in [5.74, 6) is -1.84. The zero-order chi connectivity index (χ0) is 19.8. The van der Waals surface area contributed by atoms with Crippen molar-refractivity contribution in [1.29, 1.82) is 0 Å². The molecule has 0 saturated carbocycles. The molecule has 1 aromatic rings. The molecular weight excluding hydrogens is 392 g/mol. The molecule has 2 heterocycles. The van der Waals surface area contributed by atoms with E-state index in [9.17, 15) is 28.2 Å². The van der Waals surface area contributed by atoms with Crippen LogP contribution in [-0.2, 0) is 19.6 Å². The summed E-state index contributed by atoms with van der Waals surface area (Å²) >= 11 is 1.22. The van der Waals surface area contributed by atoms with Crippen molar-refractivity contribution in [3.63, 3.8) is 0 Å². The molecule has 0 aromatic heterocycles. The van der Waals surface area contributed by atoms with Crippen LogP contribution in [0.1, 0.15) is 13.3 Å². The first-order valence-electron chi connectivity index (χ1n) is 8.39. The van der Waals surface area contributed by atoms with Gasteiger partial charge in [-0.3, -0.25) is 4.79 Å². The monoisotopic (exact) mass is 412 g/mol. The molecule has 146 valence electrons. The largest absolute Gasteiger partial charge is 0.477 e. The number of hydrogen-bond donors (Lipinski definition) is 3. The number of aliphatic hydroxyl groups excluding tert-OH is 1. The van der Waals surface area contributed by atoms with Gasteiger partial charge in [0.15, 0.2) is 0 Å². The lowest BCUT2D eigenvalue weighted by Crippen LogP contribution is -2.61. The number of aliphatic hydroxyl groups is 1. The number of carboxylic acids is 1. The lowest BCUT2D eigenvalue weighted by Gasteiger charge is -2.44. The number of carboxylic acid groups (broad SMARTS) is 1. The van der Waals surface area contributed by atoms with Crippen LogP contribution in [0.4, 0.5) is 0 Å². The number of nitrogens with one attached hydrogen (secondary N) is 1. The van der Waals surface area contributed by atoms with Crippen molar-refractivity contribution in [2.45, 2.75) is 30.4 Å². The Balaban J connectivity index is 1.61. The van der Waals surface area contributed by atoms with E-state index < -0.39 is 28.0 Å². The van der Waals surface area contributed by atoms with E-state index in [2.05, 4.69) is 4.72 Å². The van der Waals surface area contributed by atoms with E-state index in [0.29, 0.717) is 17.1 Å². The van der Waals surface area contributed by atoms with E-state index in [1.807, 2.05) is 0 Å². The van der Waals surface area contributed by atoms with Crippen molar-refractivity contribution in [2.24, 2.45) is 5.92 Å². The van der Waals surface area contributed by atoms with Crippen LogP contribution in [0.2, 0.25) is 0 Å². The van der Waals surface area contributed by atoms with Crippen LogP contribution in [0.3, 0.4) is 0 Å². The highest BCUT2D eigenvalue weighted by molar-refractivity contribution is 8.03. The van der Waals surface area contributed by atoms with Crippen LogP contribution < -0.4 is 4.72 Å². The fourth-order valence-corrected chi connectivity index (χ4v) is 5.64. The van der Waals surface area contributed by atoms with Crippen molar-refractivity contribution >= 4 is 33.7 Å². The van der Waals surface area contributed by atoms with Gasteiger partial charge in [0.25, 0.3) is 0 Å². The van der Waals surface area contributed by atoms with E-state index in [1.54, 1.807) is 18.2 Å². The van der Waals surface area contributed by atoms with Gasteiger partial charge >= 0.3 is 5.97 Å². The van der Waals surface area contributed by atoms with Gasteiger partial charge in [0, 0.05) is 23.6 Å². The van der Waals surface area contributed by atoms with E-state index in [1.165, 1.54) is 35.7 Å². The van der Waals surface area contributed by atoms with Gasteiger partial charge in [-0.25, -0.2) is 17.9 Å². The number of β-lactam (4-membered cyclic amide) rings is 1. The van der Waals surface area contributed by atoms with Crippen molar-refractivity contribution in [1.82, 2.24) is 9.62 Å². The second kappa shape index (κ2) is 7.63. The third-order valence-electron chi connectivity index (χ3n) is 4.61. The van der Waals surface area contributed by atoms with Crippen molar-refractivity contribution in [3.8, 4) is 0 Å². The van der Waals surface area contributed by atoms with Crippen LogP contribution in [0, 0.1) is 5.92 Å². The van der Waals surface area contributed by atoms with Crippen molar-refractivity contribution < 1.29 is 28.2 Å². The number of hydrogen-bond acceptors (Lipinski definition) is 6. The number of benzene rings is 1. The van der Waals surface area contributed by atoms with Gasteiger partial charge in [0.2, 0.25) is 15.9 Å². The number of thioether (sulfide) groups is 1. The van der Waals surface area contributed by atoms with Gasteiger partial charge in [0.05, 0.1) is 23.0 Å². The van der Waals surface area contributed by atoms with E-state index in [4.69, 9.17) is 0 Å². The summed E-state index contributed by atoms with van der Waals surface area (Å²) in [5, 5.41) is 19.2. The number of sulfonamides is 1. The Morgan fingerprint density at radius 2 is 2.04 bits per heavy atom. The average molecular weight is 412 g/mol. The molecule has 8 nitrogen and oxygen atoms in total. The molecule has 0 spiro atoms. The van der Waals surface area contributed by atoms with Crippen molar-refractivity contribution in [3.05, 3.63) is 40.9 Å². The first-order valence-corrected chi connectivity index (χ1v) is 10.9. The zero-order valence-corrected chi connectivity index (χ0v) is 16.2. The highest BCUT2D eigenvalue weighted by atomic mass is 32.2. The minimum atomic E-state index is -3.62. The molecule has 1 aromatic carbocycles. The average Bonchev–Trinajstić information content (AvgIpc) is 2.93. The molecule has 0 unspecified atom stereocenters. The van der Waals surface area contributed by atoms with Gasteiger partial charge in [-0.15, -0.1) is 11.8 Å². The summed E-state index contributed by atoms with van der Waals surface area (Å²) < 4.78 is 26.8. The Morgan fingerprint density at radius 3 is 2.63 bits per heavy atom. The lowest BCUT2D eigenvalue weighted by molar-refractivity contribution is -0.161. The number of fused-ring (bicyclic) bond motifs is 1. The minimum absolute atomic E-state index is 0.0576. The lowest BCUT2D eigenvalue weighted by atomic mass is 9.83. The molecule has 0 bridgehead atoms. The van der Waals surface area contributed by atoms with Gasteiger partial charge in [-0.1, -0.05) is 18.2 Å². The molecule has 0 aliphatic carbocycles. The Kier molecular flexibility index (Phi) is 5.61. The van der Waals surface area contributed by atoms with Gasteiger partial charge in [-0.05, 0) is 19.1 Å². The highest BCUT2D eigenvalue weighted by Crippen LogP contribution is 2.46. The van der Waals surface area contributed by atoms with Crippen molar-refractivity contribution in [2.75, 3.05) is 12.3 Å². The third-order valence-corrected chi connectivity index (χ3v) is 7.21. The molecule has 27 heavy (non-hydrogen) atoms. The molecule has 3 atom stereocenters. The number of rotatable bonds is 8. The molecule has 1 amide bonds. The first-order chi connectivity index (χ1) is 12.7. The quantitative estimate of drug-likeness (QED) is 0.422. The fourth-order valence-electron chi connectivity index (χ4n) is 3.39. The van der Waals surface area contributed by atoms with E-state index in [-0.39, 0.29) is 29.1 Å². The molecule has 2 aliphatic rings. The van der Waals surface area contributed by atoms with Crippen LogP contribution >= 0.6 is 11.8 Å². The van der Waals surface area contributed by atoms with Crippen LogP contribution in [0.15, 0.2) is 45.8 Å². The Hall–Kier alpha value is -1.88. The summed E-state index contributed by atoms with van der Waals surface area (Å²) in [5.41, 5.74) is -0.0576. The standard InChI is InChI=1S/C17H20N2O6S2/c1-10(20)14-12-9-13(15(17(22)23)19(12)16(14)21)26-8-7-18-27(24,25)11-5-3-2-4-6-11/h2-6,10,12,14,18,20H,7-9H2,1H3,(H,22,23)/t10-,12-,14-/m1/s1. The second-order valence-corrected chi connectivity index (χ2v) is 9.34. The Morgan fingerprint density at radius 1 is 1.37 bits per heavy atom. The van der Waals surface area contributed by atoms with Crippen LogP contribution in [0.25, 0.3) is 0 Å². The van der Waals surface area contributed by atoms with Crippen LogP contribution in [-0.4, -0.2) is 59.9 Å². The summed E-state index contributed by atoms with van der Waals surface area (Å²) in [6.07, 6.45) is -0.477. The summed E-state index contributed by atoms with van der Waals surface area (Å²) in [4.78, 5) is 25.6. The maximum atomic E-state index is 12.2.